The summed E-state index contributed by atoms with van der Waals surface area (Å²) >= 11 is 0. The second-order valence-electron chi connectivity index (χ2n) is 10.0. The molecule has 0 spiro atoms. The molecular weight excluding hydrogens is 546 g/mol. The fraction of sp³-hybridized carbons (Fsp3) is 0.147. The quantitative estimate of drug-likeness (QED) is 0.167. The Balaban J connectivity index is 1.31. The largest absolute Gasteiger partial charge is 0.489 e. The minimum Gasteiger partial charge on any atom is -0.489 e. The number of rotatable bonds is 12. The van der Waals surface area contributed by atoms with Crippen molar-refractivity contribution in [1.82, 2.24) is 4.98 Å². The Morgan fingerprint density at radius 2 is 1.43 bits per heavy atom. The highest BCUT2D eigenvalue weighted by Gasteiger charge is 2.15. The summed E-state index contributed by atoms with van der Waals surface area (Å²) in [6.45, 7) is 3.65. The average molecular weight is 580 g/mol. The van der Waals surface area contributed by atoms with Crippen molar-refractivity contribution in [2.24, 2.45) is 0 Å². The number of nitrogens with zero attached hydrogens (tertiary/aromatic N) is 2. The molecule has 1 aromatic heterocycles. The van der Waals surface area contributed by atoms with Gasteiger partial charge in [-0.3, -0.25) is 9.71 Å². The highest BCUT2D eigenvalue weighted by molar-refractivity contribution is 7.92. The van der Waals surface area contributed by atoms with Crippen LogP contribution in [0.4, 0.5) is 11.4 Å². The van der Waals surface area contributed by atoms with E-state index in [4.69, 9.17) is 9.47 Å². The number of hydrogen-bond donors (Lipinski definition) is 1. The maximum Gasteiger partial charge on any atom is 0.229 e. The van der Waals surface area contributed by atoms with E-state index in [-0.39, 0.29) is 0 Å². The molecule has 5 rings (SSSR count). The van der Waals surface area contributed by atoms with Gasteiger partial charge in [-0.25, -0.2) is 8.42 Å². The molecule has 4 aromatic carbocycles. The van der Waals surface area contributed by atoms with E-state index in [9.17, 15) is 8.42 Å². The molecule has 214 valence electrons. The van der Waals surface area contributed by atoms with Gasteiger partial charge in [0.2, 0.25) is 10.0 Å². The first-order valence-electron chi connectivity index (χ1n) is 13.6. The molecule has 0 aliphatic heterocycles. The van der Waals surface area contributed by atoms with Crippen molar-refractivity contribution in [1.29, 1.82) is 0 Å². The molecule has 0 unspecified atom stereocenters. The van der Waals surface area contributed by atoms with Gasteiger partial charge in [0.05, 0.1) is 11.9 Å². The molecular formula is C34H33N3O4S. The first-order chi connectivity index (χ1) is 20.3. The third-order valence-corrected chi connectivity index (χ3v) is 7.21. The molecule has 0 fully saturated rings. The molecule has 0 saturated heterocycles. The van der Waals surface area contributed by atoms with E-state index in [0.29, 0.717) is 42.6 Å². The smallest absolute Gasteiger partial charge is 0.229 e. The zero-order chi connectivity index (χ0) is 29.4. The minimum atomic E-state index is -3.40. The van der Waals surface area contributed by atoms with Gasteiger partial charge in [0.1, 0.15) is 23.9 Å². The van der Waals surface area contributed by atoms with Gasteiger partial charge in [0, 0.05) is 42.8 Å². The van der Waals surface area contributed by atoms with E-state index < -0.39 is 10.0 Å². The number of anilines is 2. The van der Waals surface area contributed by atoms with Crippen LogP contribution in [0.2, 0.25) is 0 Å². The lowest BCUT2D eigenvalue weighted by molar-refractivity contribution is 0.304. The summed E-state index contributed by atoms with van der Waals surface area (Å²) in [5, 5.41) is 0. The first kappa shape index (κ1) is 28.7. The van der Waals surface area contributed by atoms with E-state index in [1.807, 2.05) is 97.9 Å². The first-order valence-corrected chi connectivity index (χ1v) is 15.5. The Hall–Kier alpha value is -4.82. The SMILES string of the molecule is Cc1c(NS(C)(=O)=O)cccc1N(Cc1ccccc1)Cc1ccc(Oc2cccc(OCc3cccnc3)c2)cc1. The molecule has 0 radical (unpaired) electrons. The van der Waals surface area contributed by atoms with E-state index in [1.54, 1.807) is 18.5 Å². The molecule has 42 heavy (non-hydrogen) atoms. The summed E-state index contributed by atoms with van der Waals surface area (Å²) in [7, 11) is -3.40. The van der Waals surface area contributed by atoms with Crippen LogP contribution in [-0.4, -0.2) is 19.7 Å². The predicted molar refractivity (Wildman–Crippen MR) is 168 cm³/mol. The van der Waals surface area contributed by atoms with Crippen LogP contribution < -0.4 is 19.1 Å². The van der Waals surface area contributed by atoms with Crippen LogP contribution in [0, 0.1) is 6.92 Å². The highest BCUT2D eigenvalue weighted by atomic mass is 32.2. The molecule has 1 heterocycles. The van der Waals surface area contributed by atoms with Crippen LogP contribution in [0.15, 0.2) is 122 Å². The second-order valence-corrected chi connectivity index (χ2v) is 11.8. The Morgan fingerprint density at radius 1 is 0.738 bits per heavy atom. The van der Waals surface area contributed by atoms with Crippen molar-refractivity contribution in [3.05, 3.63) is 144 Å². The van der Waals surface area contributed by atoms with Crippen LogP contribution in [0.25, 0.3) is 0 Å². The zero-order valence-electron chi connectivity index (χ0n) is 23.6. The highest BCUT2D eigenvalue weighted by Crippen LogP contribution is 2.31. The Morgan fingerprint density at radius 3 is 2.14 bits per heavy atom. The molecule has 0 bridgehead atoms. The lowest BCUT2D eigenvalue weighted by Crippen LogP contribution is -2.23. The predicted octanol–water partition coefficient (Wildman–Crippen LogP) is 7.34. The van der Waals surface area contributed by atoms with E-state index in [1.165, 1.54) is 0 Å². The number of benzene rings is 4. The molecule has 0 saturated carbocycles. The molecule has 7 nitrogen and oxygen atoms in total. The van der Waals surface area contributed by atoms with E-state index >= 15 is 0 Å². The number of pyridine rings is 1. The number of sulfonamides is 1. The third kappa shape index (κ3) is 8.11. The number of aromatic nitrogens is 1. The standard InChI is InChI=1S/C34H33N3O4S/c1-26-33(36-42(2,38)39)14-7-15-34(26)37(23-27-9-4-3-5-10-27)24-28-16-18-30(19-17-28)41-32-13-6-12-31(21-32)40-25-29-11-8-20-35-22-29/h3-22,36H,23-25H2,1-2H3. The van der Waals surface area contributed by atoms with Crippen molar-refractivity contribution in [3.8, 4) is 17.2 Å². The second kappa shape index (κ2) is 13.2. The molecule has 0 aliphatic carbocycles. The van der Waals surface area contributed by atoms with E-state index in [2.05, 4.69) is 26.7 Å². The lowest BCUT2D eigenvalue weighted by atomic mass is 10.1. The van der Waals surface area contributed by atoms with Crippen molar-refractivity contribution < 1.29 is 17.9 Å². The number of nitrogens with one attached hydrogen (secondary N) is 1. The fourth-order valence-corrected chi connectivity index (χ4v) is 5.22. The van der Waals surface area contributed by atoms with Crippen molar-refractivity contribution in [2.45, 2.75) is 26.6 Å². The van der Waals surface area contributed by atoms with Gasteiger partial charge in [-0.15, -0.1) is 0 Å². The zero-order valence-corrected chi connectivity index (χ0v) is 24.4. The fourth-order valence-electron chi connectivity index (χ4n) is 4.60. The topological polar surface area (TPSA) is 80.8 Å². The van der Waals surface area contributed by atoms with Crippen LogP contribution >= 0.6 is 0 Å². The Labute approximate surface area is 247 Å². The van der Waals surface area contributed by atoms with E-state index in [0.717, 1.165) is 34.2 Å². The average Bonchev–Trinajstić information content (AvgIpc) is 2.98. The number of hydrogen-bond acceptors (Lipinski definition) is 6. The van der Waals surface area contributed by atoms with Gasteiger partial charge >= 0.3 is 0 Å². The maximum absolute atomic E-state index is 11.9. The van der Waals surface area contributed by atoms with Gasteiger partial charge in [-0.2, -0.15) is 0 Å². The van der Waals surface area contributed by atoms with Crippen LogP contribution in [0.5, 0.6) is 17.2 Å². The monoisotopic (exact) mass is 579 g/mol. The van der Waals surface area contributed by atoms with Gasteiger partial charge in [-0.1, -0.05) is 60.7 Å². The van der Waals surface area contributed by atoms with Crippen molar-refractivity contribution in [2.75, 3.05) is 15.9 Å². The van der Waals surface area contributed by atoms with Crippen LogP contribution in [-0.2, 0) is 29.7 Å². The summed E-state index contributed by atoms with van der Waals surface area (Å²) in [4.78, 5) is 6.37. The summed E-state index contributed by atoms with van der Waals surface area (Å²) in [5.41, 5.74) is 5.63. The summed E-state index contributed by atoms with van der Waals surface area (Å²) in [5.74, 6) is 2.11. The maximum atomic E-state index is 11.9. The van der Waals surface area contributed by atoms with Gasteiger partial charge in [0.15, 0.2) is 0 Å². The van der Waals surface area contributed by atoms with Gasteiger partial charge in [-0.05, 0) is 66.1 Å². The summed E-state index contributed by atoms with van der Waals surface area (Å²) in [6.07, 6.45) is 4.69. The number of ether oxygens (including phenoxy) is 2. The molecule has 0 aliphatic rings. The van der Waals surface area contributed by atoms with Crippen LogP contribution in [0.1, 0.15) is 22.3 Å². The summed E-state index contributed by atoms with van der Waals surface area (Å²) in [6, 6.07) is 35.3. The Kier molecular flexibility index (Phi) is 9.04. The normalized spacial score (nSPS) is 11.1. The minimum absolute atomic E-state index is 0.429. The Bertz CT molecular complexity index is 1710. The van der Waals surface area contributed by atoms with Crippen molar-refractivity contribution >= 4 is 21.4 Å². The molecule has 0 atom stereocenters. The molecule has 1 N–H and O–H groups in total. The summed E-state index contributed by atoms with van der Waals surface area (Å²) < 4.78 is 38.6. The molecule has 5 aromatic rings. The molecule has 0 amide bonds. The lowest BCUT2D eigenvalue weighted by Gasteiger charge is -2.28. The van der Waals surface area contributed by atoms with Gasteiger partial charge < -0.3 is 14.4 Å². The molecule has 8 heteroatoms. The third-order valence-electron chi connectivity index (χ3n) is 6.62. The van der Waals surface area contributed by atoms with Crippen LogP contribution in [0.3, 0.4) is 0 Å². The van der Waals surface area contributed by atoms with Gasteiger partial charge in [0.25, 0.3) is 0 Å². The van der Waals surface area contributed by atoms with Crippen molar-refractivity contribution in [3.63, 3.8) is 0 Å².